The molecule has 6 atom stereocenters. The number of carbonyl (C=O) groups is 2. The van der Waals surface area contributed by atoms with Crippen molar-refractivity contribution in [2.75, 3.05) is 12.0 Å². The largest absolute Gasteiger partial charge is 0.423 e. The van der Waals surface area contributed by atoms with Crippen LogP contribution < -0.4 is 10.5 Å². The summed E-state index contributed by atoms with van der Waals surface area (Å²) in [7, 11) is 1.57. The van der Waals surface area contributed by atoms with Crippen LogP contribution in [0.25, 0.3) is 11.0 Å². The van der Waals surface area contributed by atoms with Crippen LogP contribution in [0, 0.1) is 35.5 Å². The molecule has 1 saturated heterocycles. The van der Waals surface area contributed by atoms with E-state index in [1.165, 1.54) is 17.4 Å². The third kappa shape index (κ3) is 2.04. The van der Waals surface area contributed by atoms with Gasteiger partial charge in [-0.15, -0.1) is 0 Å². The van der Waals surface area contributed by atoms with Crippen LogP contribution >= 0.6 is 0 Å². The normalized spacial score (nSPS) is 35.4. The Morgan fingerprint density at radius 1 is 1.00 bits per heavy atom. The van der Waals surface area contributed by atoms with Gasteiger partial charge in [-0.25, -0.2) is 9.69 Å². The molecule has 0 spiro atoms. The van der Waals surface area contributed by atoms with Crippen molar-refractivity contribution in [1.29, 1.82) is 0 Å². The zero-order valence-electron chi connectivity index (χ0n) is 15.6. The molecule has 1 aliphatic heterocycles. The molecule has 2 heterocycles. The van der Waals surface area contributed by atoms with Gasteiger partial charge in [0.2, 0.25) is 11.8 Å². The zero-order chi connectivity index (χ0) is 19.2. The van der Waals surface area contributed by atoms with E-state index < -0.39 is 5.63 Å². The molecule has 1 aromatic carbocycles. The molecule has 2 aromatic rings. The second-order valence-electron chi connectivity index (χ2n) is 8.74. The van der Waals surface area contributed by atoms with Crippen LogP contribution in [0.1, 0.15) is 24.8 Å². The van der Waals surface area contributed by atoms with E-state index in [1.54, 1.807) is 25.3 Å². The Bertz CT molecular complexity index is 1050. The number of nitrogens with zero attached hydrogens (tertiary/aromatic N) is 1. The Labute approximate surface area is 161 Å². The van der Waals surface area contributed by atoms with E-state index in [0.29, 0.717) is 41.5 Å². The minimum atomic E-state index is -0.470. The highest BCUT2D eigenvalue weighted by molar-refractivity contribution is 6.22. The van der Waals surface area contributed by atoms with Gasteiger partial charge in [0.15, 0.2) is 0 Å². The second-order valence-corrected chi connectivity index (χ2v) is 8.74. The summed E-state index contributed by atoms with van der Waals surface area (Å²) in [4.78, 5) is 39.8. The lowest BCUT2D eigenvalue weighted by atomic mass is 9.59. The molecule has 2 amide bonds. The molecule has 4 aliphatic carbocycles. The average Bonchev–Trinajstić information content (AvgIpc) is 3.45. The van der Waals surface area contributed by atoms with Gasteiger partial charge in [-0.1, -0.05) is 0 Å². The molecule has 0 N–H and O–H groups in total. The first-order chi connectivity index (χ1) is 13.6. The number of amides is 2. The number of carbonyl (C=O) groups excluding carboxylic acids is 2. The quantitative estimate of drug-likeness (QED) is 0.605. The Kier molecular flexibility index (Phi) is 3.26. The number of hydrogen-bond donors (Lipinski definition) is 0. The van der Waals surface area contributed by atoms with E-state index in [1.807, 2.05) is 0 Å². The number of benzene rings is 1. The van der Waals surface area contributed by atoms with Crippen LogP contribution in [-0.2, 0) is 20.9 Å². The van der Waals surface area contributed by atoms with Gasteiger partial charge in [0.25, 0.3) is 0 Å². The lowest BCUT2D eigenvalue weighted by molar-refractivity contribution is -0.129. The third-order valence-electron chi connectivity index (χ3n) is 7.52. The highest BCUT2D eigenvalue weighted by atomic mass is 16.5. The van der Waals surface area contributed by atoms with E-state index in [9.17, 15) is 14.4 Å². The molecular weight excluding hydrogens is 358 g/mol. The molecule has 5 aliphatic rings. The minimum absolute atomic E-state index is 0.0650. The van der Waals surface area contributed by atoms with Crippen molar-refractivity contribution in [2.45, 2.75) is 25.9 Å². The summed E-state index contributed by atoms with van der Waals surface area (Å²) in [6, 6.07) is 6.63. The van der Waals surface area contributed by atoms with E-state index in [0.717, 1.165) is 23.8 Å². The predicted molar refractivity (Wildman–Crippen MR) is 100 cm³/mol. The van der Waals surface area contributed by atoms with Crippen LogP contribution in [0.15, 0.2) is 33.5 Å². The Hall–Kier alpha value is -2.47. The van der Waals surface area contributed by atoms with Crippen LogP contribution in [-0.4, -0.2) is 18.9 Å². The minimum Gasteiger partial charge on any atom is -0.423 e. The molecule has 7 rings (SSSR count). The molecule has 0 unspecified atom stereocenters. The first kappa shape index (κ1) is 16.5. The lowest BCUT2D eigenvalue weighted by Crippen LogP contribution is -2.43. The van der Waals surface area contributed by atoms with E-state index in [2.05, 4.69) is 0 Å². The van der Waals surface area contributed by atoms with Gasteiger partial charge in [0.05, 0.1) is 24.1 Å². The fourth-order valence-electron chi connectivity index (χ4n) is 6.43. The fraction of sp³-hybridized carbons (Fsp3) is 0.500. The van der Waals surface area contributed by atoms with E-state index in [4.69, 9.17) is 9.15 Å². The van der Waals surface area contributed by atoms with Crippen molar-refractivity contribution in [3.63, 3.8) is 0 Å². The number of anilines is 1. The van der Waals surface area contributed by atoms with Gasteiger partial charge in [-0.2, -0.15) is 0 Å². The van der Waals surface area contributed by atoms with Crippen LogP contribution in [0.3, 0.4) is 0 Å². The number of rotatable bonds is 3. The molecule has 144 valence electrons. The molecule has 0 radical (unpaired) electrons. The van der Waals surface area contributed by atoms with E-state index in [-0.39, 0.29) is 23.7 Å². The highest BCUT2D eigenvalue weighted by Crippen LogP contribution is 2.68. The summed E-state index contributed by atoms with van der Waals surface area (Å²) in [5.74, 6) is 1.61. The van der Waals surface area contributed by atoms with Crippen LogP contribution in [0.2, 0.25) is 0 Å². The Balaban J connectivity index is 1.43. The third-order valence-corrected chi connectivity index (χ3v) is 7.52. The zero-order valence-corrected chi connectivity index (χ0v) is 15.6. The molecule has 4 saturated carbocycles. The molecule has 5 fully saturated rings. The topological polar surface area (TPSA) is 76.8 Å². The molecule has 1 aromatic heterocycles. The second kappa shape index (κ2) is 5.54. The maximum atomic E-state index is 13.3. The van der Waals surface area contributed by atoms with Crippen LogP contribution in [0.5, 0.6) is 0 Å². The summed E-state index contributed by atoms with van der Waals surface area (Å²) in [6.45, 7) is 0.291. The van der Waals surface area contributed by atoms with Crippen molar-refractivity contribution in [3.05, 3.63) is 40.2 Å². The summed E-state index contributed by atoms with van der Waals surface area (Å²) >= 11 is 0. The molecule has 6 heteroatoms. The van der Waals surface area contributed by atoms with Gasteiger partial charge < -0.3 is 9.15 Å². The maximum Gasteiger partial charge on any atom is 0.336 e. The summed E-state index contributed by atoms with van der Waals surface area (Å²) in [5, 5.41) is 0.753. The predicted octanol–water partition coefficient (Wildman–Crippen LogP) is 2.72. The van der Waals surface area contributed by atoms with Gasteiger partial charge in [0.1, 0.15) is 5.58 Å². The van der Waals surface area contributed by atoms with Crippen molar-refractivity contribution in [3.8, 4) is 0 Å². The molecule has 6 nitrogen and oxygen atoms in total. The molecular formula is C22H21NO5. The number of fused-ring (bicyclic) bond motifs is 2. The summed E-state index contributed by atoms with van der Waals surface area (Å²) < 4.78 is 10.5. The van der Waals surface area contributed by atoms with Crippen molar-refractivity contribution < 1.29 is 18.7 Å². The van der Waals surface area contributed by atoms with Crippen LogP contribution in [0.4, 0.5) is 5.69 Å². The van der Waals surface area contributed by atoms with E-state index >= 15 is 0 Å². The highest BCUT2D eigenvalue weighted by Gasteiger charge is 2.68. The molecule has 28 heavy (non-hydrogen) atoms. The smallest absolute Gasteiger partial charge is 0.336 e. The maximum absolute atomic E-state index is 13.3. The number of methoxy groups -OCH3 is 1. The lowest BCUT2D eigenvalue weighted by Gasteiger charge is -2.42. The molecule has 2 bridgehead atoms. The summed E-state index contributed by atoms with van der Waals surface area (Å²) in [6.07, 6.45) is 3.35. The van der Waals surface area contributed by atoms with Gasteiger partial charge in [0, 0.05) is 24.6 Å². The van der Waals surface area contributed by atoms with Crippen molar-refractivity contribution >= 4 is 28.5 Å². The number of ether oxygens (including phenoxy) is 1. The first-order valence-corrected chi connectivity index (χ1v) is 10.0. The first-order valence-electron chi connectivity index (χ1n) is 10.0. The van der Waals surface area contributed by atoms with Gasteiger partial charge >= 0.3 is 5.63 Å². The van der Waals surface area contributed by atoms with Crippen molar-refractivity contribution in [1.82, 2.24) is 0 Å². The standard InChI is InChI=1S/C22H21NO5/c1-27-9-10-6-18(24)28-17-7-11(2-3-12(10)17)23-21(25)19-13-4-5-14(16-8-15(13)16)20(19)22(23)26/h2-3,6-7,13-16,19-20H,4-5,8-9H2,1H3/t13-,14+,15-,16+,19-,20+. The number of imide groups is 1. The summed E-state index contributed by atoms with van der Waals surface area (Å²) in [5.41, 5.74) is 1.13. The SMILES string of the molecule is COCc1cc(=O)oc2cc(N3C(=O)[C@@H]4[C@@H]5CC[C@@H]([C@@H]6C[C@@H]65)[C@@H]4C3=O)ccc12. The number of hydrogen-bond acceptors (Lipinski definition) is 5. The van der Waals surface area contributed by atoms with Gasteiger partial charge in [-0.3, -0.25) is 9.59 Å². The fourth-order valence-corrected chi connectivity index (χ4v) is 6.43. The monoisotopic (exact) mass is 379 g/mol. The Morgan fingerprint density at radius 2 is 1.68 bits per heavy atom. The Morgan fingerprint density at radius 3 is 2.32 bits per heavy atom. The van der Waals surface area contributed by atoms with Gasteiger partial charge in [-0.05, 0) is 60.6 Å². The van der Waals surface area contributed by atoms with Crippen molar-refractivity contribution in [2.24, 2.45) is 35.5 Å². The average molecular weight is 379 g/mol.